The Morgan fingerprint density at radius 3 is 2.47 bits per heavy atom. The fourth-order valence-electron chi connectivity index (χ4n) is 2.92. The van der Waals surface area contributed by atoms with E-state index >= 15 is 0 Å². The molecule has 2 saturated heterocycles. The van der Waals surface area contributed by atoms with E-state index in [-0.39, 0.29) is 11.8 Å². The van der Waals surface area contributed by atoms with Crippen LogP contribution >= 0.6 is 0 Å². The number of likely N-dealkylation sites (tertiary alicyclic amines) is 2. The predicted octanol–water partition coefficient (Wildman–Crippen LogP) is 1.04. The van der Waals surface area contributed by atoms with Crippen LogP contribution in [0.2, 0.25) is 0 Å². The number of nitrogens with zero attached hydrogens (tertiary/aromatic N) is 2. The Balaban J connectivity index is 1.80. The Kier molecular flexibility index (Phi) is 4.80. The first-order valence-corrected chi connectivity index (χ1v) is 7.29. The van der Waals surface area contributed by atoms with E-state index in [1.807, 2.05) is 0 Å². The van der Waals surface area contributed by atoms with Gasteiger partial charge < -0.3 is 10.0 Å². The van der Waals surface area contributed by atoms with Crippen molar-refractivity contribution in [2.45, 2.75) is 32.6 Å². The molecule has 0 aromatic rings. The zero-order valence-corrected chi connectivity index (χ0v) is 11.7. The Morgan fingerprint density at radius 2 is 1.84 bits per heavy atom. The van der Waals surface area contributed by atoms with Crippen molar-refractivity contribution in [2.24, 2.45) is 11.8 Å². The summed E-state index contributed by atoms with van der Waals surface area (Å²) in [4.78, 5) is 27.1. The van der Waals surface area contributed by atoms with Crippen LogP contribution in [-0.4, -0.2) is 59.5 Å². The van der Waals surface area contributed by atoms with Gasteiger partial charge in [0, 0.05) is 13.1 Å². The molecule has 5 nitrogen and oxygen atoms in total. The van der Waals surface area contributed by atoms with E-state index in [2.05, 4.69) is 11.8 Å². The van der Waals surface area contributed by atoms with Gasteiger partial charge in [-0.3, -0.25) is 14.5 Å². The van der Waals surface area contributed by atoms with Gasteiger partial charge in [-0.05, 0) is 44.7 Å². The Labute approximate surface area is 114 Å². The maximum Gasteiger partial charge on any atom is 0.308 e. The van der Waals surface area contributed by atoms with Crippen molar-refractivity contribution in [3.63, 3.8) is 0 Å². The summed E-state index contributed by atoms with van der Waals surface area (Å²) in [6.45, 7) is 5.79. The monoisotopic (exact) mass is 268 g/mol. The number of piperidine rings is 2. The Hall–Kier alpha value is -1.10. The average Bonchev–Trinajstić information content (AvgIpc) is 2.41. The molecule has 0 saturated carbocycles. The minimum Gasteiger partial charge on any atom is -0.481 e. The molecule has 0 aliphatic carbocycles. The lowest BCUT2D eigenvalue weighted by Crippen LogP contribution is -2.47. The van der Waals surface area contributed by atoms with Crippen molar-refractivity contribution in [2.75, 3.05) is 32.7 Å². The van der Waals surface area contributed by atoms with Gasteiger partial charge in [0.2, 0.25) is 5.91 Å². The van der Waals surface area contributed by atoms with Gasteiger partial charge in [-0.1, -0.05) is 6.92 Å². The first-order valence-electron chi connectivity index (χ1n) is 7.29. The van der Waals surface area contributed by atoms with Crippen LogP contribution in [0.15, 0.2) is 0 Å². The molecule has 1 atom stereocenters. The molecule has 108 valence electrons. The van der Waals surface area contributed by atoms with E-state index < -0.39 is 5.97 Å². The van der Waals surface area contributed by atoms with E-state index in [1.54, 1.807) is 4.90 Å². The highest BCUT2D eigenvalue weighted by molar-refractivity contribution is 5.79. The van der Waals surface area contributed by atoms with Crippen LogP contribution in [0.1, 0.15) is 32.6 Å². The van der Waals surface area contributed by atoms with E-state index in [0.717, 1.165) is 38.3 Å². The molecule has 2 heterocycles. The van der Waals surface area contributed by atoms with Crippen LogP contribution in [-0.2, 0) is 9.59 Å². The summed E-state index contributed by atoms with van der Waals surface area (Å²) in [5.41, 5.74) is 0. The number of hydrogen-bond donors (Lipinski definition) is 1. The first-order chi connectivity index (χ1) is 9.06. The quantitative estimate of drug-likeness (QED) is 0.831. The lowest BCUT2D eigenvalue weighted by molar-refractivity contribution is -0.146. The molecule has 2 fully saturated rings. The number of carbonyl (C=O) groups excluding carboxylic acids is 1. The fraction of sp³-hybridized carbons (Fsp3) is 0.857. The predicted molar refractivity (Wildman–Crippen MR) is 71.8 cm³/mol. The van der Waals surface area contributed by atoms with E-state index in [9.17, 15) is 9.59 Å². The SMILES string of the molecule is CC1CCN(CC(=O)N2CCCC(C(=O)O)C2)CC1. The highest BCUT2D eigenvalue weighted by atomic mass is 16.4. The van der Waals surface area contributed by atoms with Crippen molar-refractivity contribution >= 4 is 11.9 Å². The maximum absolute atomic E-state index is 12.2. The summed E-state index contributed by atoms with van der Waals surface area (Å²) in [5.74, 6) is -0.290. The van der Waals surface area contributed by atoms with Crippen LogP contribution in [0.3, 0.4) is 0 Å². The topological polar surface area (TPSA) is 60.9 Å². The summed E-state index contributed by atoms with van der Waals surface area (Å²) >= 11 is 0. The molecule has 2 aliphatic rings. The molecule has 0 aromatic carbocycles. The number of aliphatic carboxylic acids is 1. The van der Waals surface area contributed by atoms with Crippen LogP contribution in [0, 0.1) is 11.8 Å². The number of carboxylic acids is 1. The highest BCUT2D eigenvalue weighted by Crippen LogP contribution is 2.19. The van der Waals surface area contributed by atoms with E-state index in [1.165, 1.54) is 0 Å². The van der Waals surface area contributed by atoms with Crippen molar-refractivity contribution < 1.29 is 14.7 Å². The summed E-state index contributed by atoms with van der Waals surface area (Å²) in [5, 5.41) is 9.04. The molecule has 2 rings (SSSR count). The number of rotatable bonds is 3. The standard InChI is InChI=1S/C14H24N2O3/c1-11-4-7-15(8-5-11)10-13(17)16-6-2-3-12(9-16)14(18)19/h11-12H,2-10H2,1H3,(H,18,19). The molecular weight excluding hydrogens is 244 g/mol. The largest absolute Gasteiger partial charge is 0.481 e. The lowest BCUT2D eigenvalue weighted by atomic mass is 9.97. The number of hydrogen-bond acceptors (Lipinski definition) is 3. The fourth-order valence-corrected chi connectivity index (χ4v) is 2.92. The van der Waals surface area contributed by atoms with Gasteiger partial charge in [-0.2, -0.15) is 0 Å². The third kappa shape index (κ3) is 3.93. The number of amides is 1. The third-order valence-corrected chi connectivity index (χ3v) is 4.36. The molecule has 1 N–H and O–H groups in total. The van der Waals surface area contributed by atoms with Crippen molar-refractivity contribution in [3.8, 4) is 0 Å². The van der Waals surface area contributed by atoms with Gasteiger partial charge in [0.1, 0.15) is 0 Å². The van der Waals surface area contributed by atoms with E-state index in [0.29, 0.717) is 26.1 Å². The van der Waals surface area contributed by atoms with Crippen LogP contribution in [0.4, 0.5) is 0 Å². The summed E-state index contributed by atoms with van der Waals surface area (Å²) in [6.07, 6.45) is 3.82. The molecule has 1 unspecified atom stereocenters. The second kappa shape index (κ2) is 6.37. The Bertz CT molecular complexity index is 338. The normalized spacial score (nSPS) is 26.4. The zero-order valence-electron chi connectivity index (χ0n) is 11.7. The average molecular weight is 268 g/mol. The molecule has 0 bridgehead atoms. The smallest absolute Gasteiger partial charge is 0.308 e. The van der Waals surface area contributed by atoms with Gasteiger partial charge in [0.15, 0.2) is 0 Å². The zero-order chi connectivity index (χ0) is 13.8. The van der Waals surface area contributed by atoms with Crippen molar-refractivity contribution in [1.82, 2.24) is 9.80 Å². The molecule has 1 amide bonds. The minimum absolute atomic E-state index is 0.0977. The van der Waals surface area contributed by atoms with E-state index in [4.69, 9.17) is 5.11 Å². The van der Waals surface area contributed by atoms with Gasteiger partial charge >= 0.3 is 5.97 Å². The third-order valence-electron chi connectivity index (χ3n) is 4.36. The van der Waals surface area contributed by atoms with Crippen molar-refractivity contribution in [1.29, 1.82) is 0 Å². The molecule has 0 spiro atoms. The maximum atomic E-state index is 12.2. The Morgan fingerprint density at radius 1 is 1.16 bits per heavy atom. The van der Waals surface area contributed by atoms with Gasteiger partial charge in [0.05, 0.1) is 12.5 Å². The molecule has 2 aliphatic heterocycles. The summed E-state index contributed by atoms with van der Waals surface area (Å²) < 4.78 is 0. The molecule has 19 heavy (non-hydrogen) atoms. The molecular formula is C14H24N2O3. The first kappa shape index (κ1) is 14.3. The number of carbonyl (C=O) groups is 2. The minimum atomic E-state index is -0.774. The van der Waals surface area contributed by atoms with Gasteiger partial charge in [0.25, 0.3) is 0 Å². The lowest BCUT2D eigenvalue weighted by Gasteiger charge is -2.34. The number of carboxylic acid groups (broad SMARTS) is 1. The van der Waals surface area contributed by atoms with Crippen LogP contribution in [0.5, 0.6) is 0 Å². The molecule has 0 radical (unpaired) electrons. The van der Waals surface area contributed by atoms with Crippen molar-refractivity contribution in [3.05, 3.63) is 0 Å². The van der Waals surface area contributed by atoms with Gasteiger partial charge in [-0.25, -0.2) is 0 Å². The van der Waals surface area contributed by atoms with Crippen LogP contribution in [0.25, 0.3) is 0 Å². The summed E-state index contributed by atoms with van der Waals surface area (Å²) in [6, 6.07) is 0. The summed E-state index contributed by atoms with van der Waals surface area (Å²) in [7, 11) is 0. The molecule has 0 aromatic heterocycles. The van der Waals surface area contributed by atoms with Gasteiger partial charge in [-0.15, -0.1) is 0 Å². The molecule has 5 heteroatoms. The second-order valence-electron chi connectivity index (χ2n) is 5.98. The van der Waals surface area contributed by atoms with Crippen LogP contribution < -0.4 is 0 Å². The second-order valence-corrected chi connectivity index (χ2v) is 5.98. The highest BCUT2D eigenvalue weighted by Gasteiger charge is 2.29.